The molecule has 1 N–H and O–H groups in total. The van der Waals surface area contributed by atoms with Crippen molar-refractivity contribution in [2.24, 2.45) is 0 Å². The minimum absolute atomic E-state index is 0.246. The Hall–Kier alpha value is -2.81. The Labute approximate surface area is 263 Å². The van der Waals surface area contributed by atoms with Crippen molar-refractivity contribution in [1.29, 1.82) is 0 Å². The molecule has 0 radical (unpaired) electrons. The van der Waals surface area contributed by atoms with E-state index in [9.17, 15) is 9.90 Å². The second-order valence-corrected chi connectivity index (χ2v) is 10.8. The van der Waals surface area contributed by atoms with Gasteiger partial charge in [0.1, 0.15) is 36.9 Å². The van der Waals surface area contributed by atoms with Crippen LogP contribution in [0.4, 0.5) is 0 Å². The topological polar surface area (TPSA) is 136 Å². The zero-order chi connectivity index (χ0) is 31.1. The quantitative estimate of drug-likeness (QED) is 0.127. The minimum Gasteiger partial charge on any atom is -0.490 e. The van der Waals surface area contributed by atoms with Crippen LogP contribution < -0.4 is 9.47 Å². The van der Waals surface area contributed by atoms with E-state index in [1.54, 1.807) is 6.08 Å². The number of benzene rings is 2. The first-order valence-corrected chi connectivity index (χ1v) is 15.6. The highest BCUT2D eigenvalue weighted by atomic mass is 16.6. The number of ether oxygens (including phenoxy) is 10. The second-order valence-electron chi connectivity index (χ2n) is 10.8. The molecule has 5 rings (SSSR count). The van der Waals surface area contributed by atoms with Crippen LogP contribution in [-0.2, 0) is 55.5 Å². The smallest absolute Gasteiger partial charge is 0.331 e. The molecule has 1 aliphatic carbocycles. The zero-order valence-corrected chi connectivity index (χ0v) is 25.7. The van der Waals surface area contributed by atoms with Crippen molar-refractivity contribution in [1.82, 2.24) is 0 Å². The van der Waals surface area contributed by atoms with E-state index >= 15 is 0 Å². The van der Waals surface area contributed by atoms with Gasteiger partial charge < -0.3 is 52.5 Å². The molecule has 2 unspecified atom stereocenters. The summed E-state index contributed by atoms with van der Waals surface area (Å²) in [5.74, 6) is 0.460. The van der Waals surface area contributed by atoms with Crippen molar-refractivity contribution < 1.29 is 57.3 Å². The van der Waals surface area contributed by atoms with Crippen LogP contribution in [0.1, 0.15) is 11.1 Å². The summed E-state index contributed by atoms with van der Waals surface area (Å²) >= 11 is 0. The molecule has 12 heteroatoms. The Balaban J connectivity index is 1.08. The third-order valence-corrected chi connectivity index (χ3v) is 7.37. The SMILES string of the molecule is O=C(O)C1=CCc2c(c(OCCOCCOCCOCC3CO3)c3ccccc3c2OCCOCCOCCOCC2CO2)C1. The molecule has 2 heterocycles. The van der Waals surface area contributed by atoms with Gasteiger partial charge in [0, 0.05) is 33.9 Å². The number of hydrogen-bond donors (Lipinski definition) is 1. The first-order valence-electron chi connectivity index (χ1n) is 15.6. The maximum absolute atomic E-state index is 11.9. The van der Waals surface area contributed by atoms with Crippen LogP contribution in [0.2, 0.25) is 0 Å². The van der Waals surface area contributed by atoms with Crippen LogP contribution in [0.5, 0.6) is 11.5 Å². The lowest BCUT2D eigenvalue weighted by Crippen LogP contribution is -2.17. The van der Waals surface area contributed by atoms with Crippen molar-refractivity contribution in [2.75, 3.05) is 106 Å². The molecule has 2 aromatic carbocycles. The molecule has 248 valence electrons. The summed E-state index contributed by atoms with van der Waals surface area (Å²) < 4.78 is 56.2. The summed E-state index contributed by atoms with van der Waals surface area (Å²) in [4.78, 5) is 11.9. The van der Waals surface area contributed by atoms with Gasteiger partial charge in [-0.3, -0.25) is 0 Å². The second kappa shape index (κ2) is 18.4. The van der Waals surface area contributed by atoms with Gasteiger partial charge in [-0.2, -0.15) is 0 Å². The van der Waals surface area contributed by atoms with Gasteiger partial charge in [-0.25, -0.2) is 4.79 Å². The van der Waals surface area contributed by atoms with Crippen LogP contribution in [0, 0.1) is 0 Å². The average Bonchev–Trinajstić information content (AvgIpc) is 3.99. The third-order valence-electron chi connectivity index (χ3n) is 7.37. The molecule has 0 saturated carbocycles. The zero-order valence-electron chi connectivity index (χ0n) is 25.7. The molecular formula is C33H44O12. The van der Waals surface area contributed by atoms with E-state index in [1.807, 2.05) is 24.3 Å². The molecule has 0 aromatic heterocycles. The van der Waals surface area contributed by atoms with E-state index < -0.39 is 5.97 Å². The van der Waals surface area contributed by atoms with E-state index in [1.165, 1.54) is 0 Å². The van der Waals surface area contributed by atoms with Gasteiger partial charge in [0.05, 0.1) is 92.5 Å². The largest absolute Gasteiger partial charge is 0.490 e. The maximum atomic E-state index is 11.9. The highest BCUT2D eigenvalue weighted by Gasteiger charge is 2.27. The van der Waals surface area contributed by atoms with Crippen molar-refractivity contribution in [3.63, 3.8) is 0 Å². The van der Waals surface area contributed by atoms with Crippen LogP contribution in [0.25, 0.3) is 10.8 Å². The molecule has 2 atom stereocenters. The van der Waals surface area contributed by atoms with Crippen LogP contribution in [-0.4, -0.2) is 129 Å². The van der Waals surface area contributed by atoms with Crippen molar-refractivity contribution >= 4 is 16.7 Å². The van der Waals surface area contributed by atoms with E-state index in [2.05, 4.69) is 0 Å². The fourth-order valence-corrected chi connectivity index (χ4v) is 4.90. The number of hydrogen-bond acceptors (Lipinski definition) is 11. The number of carboxylic acid groups (broad SMARTS) is 1. The molecular weight excluding hydrogens is 588 g/mol. The number of rotatable bonds is 25. The Morgan fingerprint density at radius 3 is 1.51 bits per heavy atom. The van der Waals surface area contributed by atoms with Gasteiger partial charge in [0.2, 0.25) is 0 Å². The third kappa shape index (κ3) is 11.2. The standard InChI is InChI=1S/C33H44O12/c34-33(35)24-5-6-29-30(19-24)32(43-18-16-39-10-8-37-12-14-41-21-26-23-45-26)28-4-2-1-3-27(28)31(29)42-17-15-38-9-7-36-11-13-40-20-25-22-44-25/h1-5,25-26H,6-23H2,(H,34,35). The van der Waals surface area contributed by atoms with Crippen LogP contribution >= 0.6 is 0 Å². The maximum Gasteiger partial charge on any atom is 0.331 e. The molecule has 2 aromatic rings. The number of allylic oxidation sites excluding steroid dienone is 1. The number of fused-ring (bicyclic) bond motifs is 2. The fraction of sp³-hybridized carbons (Fsp3) is 0.606. The van der Waals surface area contributed by atoms with Crippen molar-refractivity contribution in [2.45, 2.75) is 25.0 Å². The Morgan fingerprint density at radius 1 is 0.644 bits per heavy atom. The summed E-state index contributed by atoms with van der Waals surface area (Å²) in [6.07, 6.45) is 2.94. The number of carboxylic acids is 1. The predicted molar refractivity (Wildman–Crippen MR) is 162 cm³/mol. The summed E-state index contributed by atoms with van der Waals surface area (Å²) in [5.41, 5.74) is 2.09. The molecule has 2 fully saturated rings. The molecule has 12 nitrogen and oxygen atoms in total. The minimum atomic E-state index is -0.934. The highest BCUT2D eigenvalue weighted by molar-refractivity contribution is 5.97. The summed E-state index contributed by atoms with van der Waals surface area (Å²) in [7, 11) is 0. The molecule has 2 aliphatic heterocycles. The van der Waals surface area contributed by atoms with Gasteiger partial charge in [-0.05, 0) is 6.42 Å². The van der Waals surface area contributed by atoms with Gasteiger partial charge >= 0.3 is 5.97 Å². The van der Waals surface area contributed by atoms with Gasteiger partial charge in [0.15, 0.2) is 0 Å². The summed E-state index contributed by atoms with van der Waals surface area (Å²) in [6.45, 7) is 8.11. The monoisotopic (exact) mass is 632 g/mol. The molecule has 0 amide bonds. The molecule has 0 spiro atoms. The molecule has 2 saturated heterocycles. The predicted octanol–water partition coefficient (Wildman–Crippen LogP) is 2.60. The van der Waals surface area contributed by atoms with E-state index in [0.29, 0.717) is 110 Å². The lowest BCUT2D eigenvalue weighted by atomic mass is 9.87. The molecule has 45 heavy (non-hydrogen) atoms. The average molecular weight is 633 g/mol. The fourth-order valence-electron chi connectivity index (χ4n) is 4.90. The number of epoxide rings is 2. The summed E-state index contributed by atoms with van der Waals surface area (Å²) in [6, 6.07) is 7.86. The van der Waals surface area contributed by atoms with Crippen LogP contribution in [0.3, 0.4) is 0 Å². The highest BCUT2D eigenvalue weighted by Crippen LogP contribution is 2.44. The lowest BCUT2D eigenvalue weighted by molar-refractivity contribution is -0.132. The lowest BCUT2D eigenvalue weighted by Gasteiger charge is -2.25. The number of aliphatic carboxylic acids is 1. The van der Waals surface area contributed by atoms with E-state index in [-0.39, 0.29) is 18.6 Å². The first-order chi connectivity index (χ1) is 22.2. The Kier molecular flexibility index (Phi) is 13.7. The Bertz CT molecular complexity index is 1240. The van der Waals surface area contributed by atoms with Gasteiger partial charge in [-0.1, -0.05) is 30.3 Å². The Morgan fingerprint density at radius 2 is 1.07 bits per heavy atom. The normalized spacial score (nSPS) is 18.4. The molecule has 0 bridgehead atoms. The van der Waals surface area contributed by atoms with E-state index in [4.69, 9.17) is 47.4 Å². The van der Waals surface area contributed by atoms with E-state index in [0.717, 1.165) is 40.9 Å². The van der Waals surface area contributed by atoms with Crippen LogP contribution in [0.15, 0.2) is 35.9 Å². The first kappa shape index (κ1) is 33.6. The van der Waals surface area contributed by atoms with Crippen molar-refractivity contribution in [3.8, 4) is 11.5 Å². The van der Waals surface area contributed by atoms with Gasteiger partial charge in [-0.15, -0.1) is 0 Å². The van der Waals surface area contributed by atoms with Gasteiger partial charge in [0.25, 0.3) is 0 Å². The summed E-state index contributed by atoms with van der Waals surface area (Å²) in [5, 5.41) is 11.5. The number of carbonyl (C=O) groups is 1. The van der Waals surface area contributed by atoms with Crippen molar-refractivity contribution in [3.05, 3.63) is 47.0 Å². The molecule has 3 aliphatic rings.